The van der Waals surface area contributed by atoms with Gasteiger partial charge in [-0.3, -0.25) is 14.4 Å². The molecule has 1 aliphatic carbocycles. The number of hydrogen-bond donors (Lipinski definition) is 4. The van der Waals surface area contributed by atoms with Gasteiger partial charge in [-0.15, -0.1) is 0 Å². The number of rotatable bonds is 40. The highest BCUT2D eigenvalue weighted by Crippen LogP contribution is 2.37. The maximum atomic E-state index is 12.6. The minimum absolute atomic E-state index is 0.0253. The Bertz CT molecular complexity index is 1060. The van der Waals surface area contributed by atoms with E-state index in [4.69, 9.17) is 15.2 Å². The maximum Gasteiger partial charge on any atom is 0.308 e. The Morgan fingerprint density at radius 1 is 0.559 bits per heavy atom. The number of carbonyl (C=O) groups excluding carboxylic acids is 3. The molecule has 1 fully saturated rings. The zero-order valence-electron chi connectivity index (χ0n) is 39.4. The van der Waals surface area contributed by atoms with E-state index in [1.165, 1.54) is 121 Å². The predicted molar refractivity (Wildman–Crippen MR) is 250 cm³/mol. The van der Waals surface area contributed by atoms with Crippen molar-refractivity contribution in [3.8, 4) is 0 Å². The molecule has 2 unspecified atom stereocenters. The summed E-state index contributed by atoms with van der Waals surface area (Å²) >= 11 is 0. The van der Waals surface area contributed by atoms with E-state index in [9.17, 15) is 14.4 Å². The Morgan fingerprint density at radius 3 is 1.59 bits per heavy atom. The van der Waals surface area contributed by atoms with Gasteiger partial charge in [0.2, 0.25) is 11.8 Å². The van der Waals surface area contributed by atoms with Crippen molar-refractivity contribution in [3.63, 3.8) is 0 Å². The van der Waals surface area contributed by atoms with Crippen LogP contribution in [0.2, 0.25) is 0 Å². The molecule has 1 aliphatic rings. The number of nitrogens with one attached hydrogen (secondary N) is 3. The minimum Gasteiger partial charge on any atom is -0.498 e. The number of carbonyl (C=O) groups is 3. The number of allylic oxidation sites excluding steroid dienone is 2. The lowest BCUT2D eigenvalue weighted by molar-refractivity contribution is -0.149. The van der Waals surface area contributed by atoms with Crippen molar-refractivity contribution in [2.75, 3.05) is 32.8 Å². The third-order valence-corrected chi connectivity index (χ3v) is 11.4. The second-order valence-corrected chi connectivity index (χ2v) is 17.0. The molecule has 59 heavy (non-hydrogen) atoms. The minimum atomic E-state index is -0.131. The molecule has 0 bridgehead atoms. The van der Waals surface area contributed by atoms with Gasteiger partial charge in [-0.2, -0.15) is 0 Å². The molecule has 0 aliphatic heterocycles. The lowest BCUT2D eigenvalue weighted by atomic mass is 9.83. The van der Waals surface area contributed by atoms with Crippen LogP contribution < -0.4 is 21.7 Å². The van der Waals surface area contributed by atoms with Crippen LogP contribution in [-0.2, 0) is 23.9 Å². The first-order valence-electron chi connectivity index (χ1n) is 25.0. The zero-order valence-corrected chi connectivity index (χ0v) is 39.4. The number of unbranched alkanes of at least 4 members (excludes halogenated alkanes) is 17. The zero-order chi connectivity index (χ0) is 43.6. The molecule has 0 saturated heterocycles. The summed E-state index contributed by atoms with van der Waals surface area (Å²) in [4.78, 5) is 37.1. The summed E-state index contributed by atoms with van der Waals surface area (Å²) in [5.74, 6) is 2.27. The van der Waals surface area contributed by atoms with Gasteiger partial charge in [0.15, 0.2) is 0 Å². The fraction of sp³-hybridized carbons (Fsp3) is 0.860. The van der Waals surface area contributed by atoms with Crippen LogP contribution in [0.5, 0.6) is 0 Å². The number of hydrogen-bond acceptors (Lipinski definition) is 7. The van der Waals surface area contributed by atoms with Gasteiger partial charge >= 0.3 is 5.97 Å². The molecule has 0 aromatic heterocycles. The van der Waals surface area contributed by atoms with Gasteiger partial charge in [0.1, 0.15) is 0 Å². The van der Waals surface area contributed by atoms with Gasteiger partial charge in [0.05, 0.1) is 37.3 Å². The standard InChI is InChI=1S/C46H86N2O5.C4H10N2/c1-5-9-13-16-17-23-31-40(30-21-14-10-6-2)45(41-33-28-34-41)52-37-26-19-18-25-36-47-44(50)39-48-43(49)35-24-20-27-38-53-46(51)42(29-12-8-4)32-22-15-11-7-3;1-3-6-4(2)5/h40,42H,5-39H2,1-4H3,(H,47,50)(H,48,49);6H,2-3,5H2,1H3. The van der Waals surface area contributed by atoms with E-state index in [1.807, 2.05) is 6.92 Å². The number of nitrogens with two attached hydrogens (primary N) is 1. The Kier molecular flexibility index (Phi) is 40.1. The molecular weight excluding hydrogens is 737 g/mol. The van der Waals surface area contributed by atoms with Gasteiger partial charge < -0.3 is 31.2 Å². The van der Waals surface area contributed by atoms with E-state index < -0.39 is 0 Å². The Hall–Kier alpha value is -2.71. The summed E-state index contributed by atoms with van der Waals surface area (Å²) in [7, 11) is 0. The molecule has 5 N–H and O–H groups in total. The largest absolute Gasteiger partial charge is 0.498 e. The number of esters is 1. The third-order valence-electron chi connectivity index (χ3n) is 11.4. The highest BCUT2D eigenvalue weighted by molar-refractivity contribution is 5.84. The highest BCUT2D eigenvalue weighted by Gasteiger charge is 2.24. The fourth-order valence-electron chi connectivity index (χ4n) is 7.55. The molecule has 1 rings (SSSR count). The monoisotopic (exact) mass is 833 g/mol. The SMILES string of the molecule is C=C(N)NCC.CCCCCCCCC(CCCCCC)C(OCCCCCCNC(=O)CNC(=O)CCCCCOC(=O)C(CCCC)CCCCCC)=C1CCC1. The van der Waals surface area contributed by atoms with Gasteiger partial charge in [-0.25, -0.2) is 0 Å². The van der Waals surface area contributed by atoms with Crippen LogP contribution in [0.3, 0.4) is 0 Å². The van der Waals surface area contributed by atoms with Gasteiger partial charge in [0.25, 0.3) is 0 Å². The molecule has 2 atom stereocenters. The summed E-state index contributed by atoms with van der Waals surface area (Å²) in [6.45, 7) is 17.1. The summed E-state index contributed by atoms with van der Waals surface area (Å²) in [5, 5.41) is 8.49. The van der Waals surface area contributed by atoms with E-state index in [-0.39, 0.29) is 30.2 Å². The second kappa shape index (κ2) is 42.0. The van der Waals surface area contributed by atoms with E-state index >= 15 is 0 Å². The molecule has 0 spiro atoms. The quantitative estimate of drug-likeness (QED) is 0.0275. The van der Waals surface area contributed by atoms with Crippen LogP contribution in [0, 0.1) is 11.8 Å². The van der Waals surface area contributed by atoms with E-state index in [2.05, 4.69) is 50.2 Å². The van der Waals surface area contributed by atoms with Crippen LogP contribution in [0.1, 0.15) is 234 Å². The normalized spacial score (nSPS) is 13.0. The first-order valence-corrected chi connectivity index (χ1v) is 25.0. The number of amides is 2. The molecule has 1 saturated carbocycles. The molecular formula is C50H96N4O5. The van der Waals surface area contributed by atoms with Crippen molar-refractivity contribution in [2.45, 2.75) is 234 Å². The molecule has 0 radical (unpaired) electrons. The molecule has 2 amide bonds. The Labute approximate surface area is 364 Å². The lowest BCUT2D eigenvalue weighted by Gasteiger charge is -2.28. The van der Waals surface area contributed by atoms with Crippen LogP contribution in [0.15, 0.2) is 23.7 Å². The lowest BCUT2D eigenvalue weighted by Crippen LogP contribution is -2.37. The molecule has 0 heterocycles. The first-order chi connectivity index (χ1) is 28.7. The Balaban J connectivity index is 0.00000518. The van der Waals surface area contributed by atoms with E-state index in [1.54, 1.807) is 5.57 Å². The van der Waals surface area contributed by atoms with Gasteiger partial charge in [-0.1, -0.05) is 150 Å². The summed E-state index contributed by atoms with van der Waals surface area (Å²) in [6, 6.07) is 0. The first kappa shape index (κ1) is 56.3. The van der Waals surface area contributed by atoms with Crippen molar-refractivity contribution in [1.82, 2.24) is 16.0 Å². The molecule has 9 nitrogen and oxygen atoms in total. The topological polar surface area (TPSA) is 132 Å². The van der Waals surface area contributed by atoms with Crippen molar-refractivity contribution >= 4 is 17.8 Å². The maximum absolute atomic E-state index is 12.6. The van der Waals surface area contributed by atoms with E-state index in [0.29, 0.717) is 31.3 Å². The van der Waals surface area contributed by atoms with Gasteiger partial charge in [-0.05, 0) is 89.5 Å². The second-order valence-electron chi connectivity index (χ2n) is 17.0. The van der Waals surface area contributed by atoms with Crippen LogP contribution in [0.25, 0.3) is 0 Å². The molecule has 0 aromatic carbocycles. The van der Waals surface area contributed by atoms with Crippen LogP contribution >= 0.6 is 0 Å². The smallest absolute Gasteiger partial charge is 0.308 e. The molecule has 9 heteroatoms. The summed E-state index contributed by atoms with van der Waals surface area (Å²) in [6.07, 6.45) is 35.3. The molecule has 0 aromatic rings. The predicted octanol–water partition coefficient (Wildman–Crippen LogP) is 12.5. The third kappa shape index (κ3) is 34.7. The van der Waals surface area contributed by atoms with Crippen molar-refractivity contribution in [3.05, 3.63) is 23.7 Å². The number of ether oxygens (including phenoxy) is 2. The average molecular weight is 833 g/mol. The van der Waals surface area contributed by atoms with Gasteiger partial charge in [0, 0.05) is 25.4 Å². The summed E-state index contributed by atoms with van der Waals surface area (Å²) < 4.78 is 12.2. The average Bonchev–Trinajstić information content (AvgIpc) is 3.20. The van der Waals surface area contributed by atoms with Crippen molar-refractivity contribution in [1.29, 1.82) is 0 Å². The van der Waals surface area contributed by atoms with Crippen molar-refractivity contribution < 1.29 is 23.9 Å². The fourth-order valence-corrected chi connectivity index (χ4v) is 7.55. The van der Waals surface area contributed by atoms with Crippen molar-refractivity contribution in [2.24, 2.45) is 17.6 Å². The molecule has 346 valence electrons. The Morgan fingerprint density at radius 2 is 1.05 bits per heavy atom. The van der Waals surface area contributed by atoms with Crippen LogP contribution in [0.4, 0.5) is 0 Å². The van der Waals surface area contributed by atoms with E-state index in [0.717, 1.165) is 90.2 Å². The van der Waals surface area contributed by atoms with Crippen LogP contribution in [-0.4, -0.2) is 50.6 Å². The summed E-state index contributed by atoms with van der Waals surface area (Å²) in [5.41, 5.74) is 6.70. The highest BCUT2D eigenvalue weighted by atomic mass is 16.5.